The second-order valence-corrected chi connectivity index (χ2v) is 6.05. The third-order valence-corrected chi connectivity index (χ3v) is 4.13. The Balaban J connectivity index is 2.43. The van der Waals surface area contributed by atoms with Crippen LogP contribution in [0.2, 0.25) is 0 Å². The molecule has 1 heterocycles. The van der Waals surface area contributed by atoms with E-state index < -0.39 is 22.8 Å². The second kappa shape index (κ2) is 8.11. The van der Waals surface area contributed by atoms with Gasteiger partial charge in [-0.1, -0.05) is 6.92 Å². The number of ether oxygens (including phenoxy) is 1. The number of carboxylic acids is 1. The molecule has 0 aromatic heterocycles. The smallest absolute Gasteiger partial charge is 0.317 e. The van der Waals surface area contributed by atoms with Gasteiger partial charge in [-0.15, -0.1) is 0 Å². The van der Waals surface area contributed by atoms with E-state index in [1.165, 1.54) is 4.90 Å². The largest absolute Gasteiger partial charge is 0.481 e. The third-order valence-electron chi connectivity index (χ3n) is 2.83. The summed E-state index contributed by atoms with van der Waals surface area (Å²) in [5.74, 6) is 0.0194. The highest BCUT2D eigenvalue weighted by molar-refractivity contribution is 7.84. The van der Waals surface area contributed by atoms with Crippen molar-refractivity contribution in [1.29, 1.82) is 0 Å². The van der Waals surface area contributed by atoms with E-state index in [0.717, 1.165) is 0 Å². The molecule has 1 rings (SSSR count). The van der Waals surface area contributed by atoms with Crippen molar-refractivity contribution >= 4 is 22.8 Å². The summed E-state index contributed by atoms with van der Waals surface area (Å²) < 4.78 is 16.4. The minimum Gasteiger partial charge on any atom is -0.481 e. The second-order valence-electron chi connectivity index (χ2n) is 4.18. The van der Waals surface area contributed by atoms with Gasteiger partial charge in [0, 0.05) is 35.4 Å². The van der Waals surface area contributed by atoms with Crippen molar-refractivity contribution in [2.45, 2.75) is 19.4 Å². The summed E-state index contributed by atoms with van der Waals surface area (Å²) in [6, 6.07) is -0.759. The lowest BCUT2D eigenvalue weighted by atomic mass is 10.1. The normalized spacial score (nSPS) is 20.9. The fraction of sp³-hybridized carbons (Fsp3) is 0.818. The summed E-state index contributed by atoms with van der Waals surface area (Å²) in [6.45, 7) is 3.17. The Labute approximate surface area is 114 Å². The monoisotopic (exact) mass is 292 g/mol. The van der Waals surface area contributed by atoms with Gasteiger partial charge in [0.1, 0.15) is 0 Å². The van der Waals surface area contributed by atoms with Gasteiger partial charge in [-0.05, 0) is 0 Å². The van der Waals surface area contributed by atoms with E-state index in [9.17, 15) is 13.8 Å². The first-order valence-corrected chi connectivity index (χ1v) is 7.72. The Hall–Kier alpha value is -1.15. The average Bonchev–Trinajstić information content (AvgIpc) is 2.38. The van der Waals surface area contributed by atoms with Gasteiger partial charge < -0.3 is 20.1 Å². The molecule has 19 heavy (non-hydrogen) atoms. The molecule has 7 nitrogen and oxygen atoms in total. The van der Waals surface area contributed by atoms with Gasteiger partial charge >= 0.3 is 12.0 Å². The fourth-order valence-electron chi connectivity index (χ4n) is 1.81. The Bertz CT molecular complexity index is 350. The molecule has 8 heteroatoms. The van der Waals surface area contributed by atoms with Gasteiger partial charge in [0.2, 0.25) is 0 Å². The van der Waals surface area contributed by atoms with Crippen molar-refractivity contribution in [1.82, 2.24) is 10.2 Å². The van der Waals surface area contributed by atoms with Crippen molar-refractivity contribution in [2.24, 2.45) is 0 Å². The molecule has 0 aromatic rings. The summed E-state index contributed by atoms with van der Waals surface area (Å²) in [6.07, 6.45) is -0.131. The molecule has 2 amide bonds. The average molecular weight is 292 g/mol. The highest BCUT2D eigenvalue weighted by atomic mass is 32.2. The minimum absolute atomic E-state index is 0.131. The molecule has 2 N–H and O–H groups in total. The van der Waals surface area contributed by atoms with Gasteiger partial charge in [0.25, 0.3) is 0 Å². The number of rotatable bonds is 6. The van der Waals surface area contributed by atoms with Crippen LogP contribution >= 0.6 is 0 Å². The Kier molecular flexibility index (Phi) is 6.79. The van der Waals surface area contributed by atoms with Crippen molar-refractivity contribution in [3.8, 4) is 0 Å². The van der Waals surface area contributed by atoms with Crippen LogP contribution in [0.5, 0.6) is 0 Å². The van der Waals surface area contributed by atoms with Gasteiger partial charge in [-0.25, -0.2) is 4.79 Å². The topological polar surface area (TPSA) is 95.9 Å². The number of aliphatic carboxylic acids is 1. The Morgan fingerprint density at radius 1 is 1.53 bits per heavy atom. The predicted molar refractivity (Wildman–Crippen MR) is 70.5 cm³/mol. The summed E-state index contributed by atoms with van der Waals surface area (Å²) in [4.78, 5) is 24.1. The van der Waals surface area contributed by atoms with Crippen LogP contribution < -0.4 is 5.32 Å². The minimum atomic E-state index is -0.958. The first-order chi connectivity index (χ1) is 9.04. The zero-order valence-corrected chi connectivity index (χ0v) is 11.8. The molecule has 0 spiro atoms. The molecule has 2 unspecified atom stereocenters. The van der Waals surface area contributed by atoms with Crippen LogP contribution in [0.25, 0.3) is 0 Å². The van der Waals surface area contributed by atoms with E-state index in [-0.39, 0.29) is 19.1 Å². The molecule has 0 saturated carbocycles. The Morgan fingerprint density at radius 2 is 2.26 bits per heavy atom. The van der Waals surface area contributed by atoms with E-state index in [1.54, 1.807) is 0 Å². The molecule has 0 radical (unpaired) electrons. The number of carboxylic acid groups (broad SMARTS) is 1. The van der Waals surface area contributed by atoms with Crippen LogP contribution in [0.3, 0.4) is 0 Å². The zero-order chi connectivity index (χ0) is 14.3. The van der Waals surface area contributed by atoms with Crippen molar-refractivity contribution in [2.75, 3.05) is 37.8 Å². The molecular formula is C11H20N2O5S. The number of nitrogens with one attached hydrogen (secondary N) is 1. The van der Waals surface area contributed by atoms with E-state index >= 15 is 0 Å². The first kappa shape index (κ1) is 15.9. The number of hydrogen-bond donors (Lipinski definition) is 2. The molecule has 0 aliphatic carbocycles. The van der Waals surface area contributed by atoms with Crippen LogP contribution in [-0.4, -0.2) is 70.1 Å². The lowest BCUT2D eigenvalue weighted by Crippen LogP contribution is -2.53. The van der Waals surface area contributed by atoms with Crippen molar-refractivity contribution in [3.63, 3.8) is 0 Å². The van der Waals surface area contributed by atoms with Gasteiger partial charge in [-0.3, -0.25) is 9.00 Å². The number of nitrogens with zero attached hydrogens (tertiary/aromatic N) is 1. The molecule has 1 fully saturated rings. The number of morpholine rings is 1. The molecule has 0 bridgehead atoms. The number of urea groups is 1. The van der Waals surface area contributed by atoms with E-state index in [2.05, 4.69) is 5.32 Å². The van der Waals surface area contributed by atoms with Crippen LogP contribution in [-0.2, 0) is 20.3 Å². The van der Waals surface area contributed by atoms with Gasteiger partial charge in [0.05, 0.1) is 25.7 Å². The maximum atomic E-state index is 11.9. The van der Waals surface area contributed by atoms with E-state index in [4.69, 9.17) is 9.84 Å². The molecule has 1 aliphatic heterocycles. The van der Waals surface area contributed by atoms with Crippen molar-refractivity contribution in [3.05, 3.63) is 0 Å². The maximum absolute atomic E-state index is 11.9. The lowest BCUT2D eigenvalue weighted by molar-refractivity contribution is -0.139. The van der Waals surface area contributed by atoms with Crippen LogP contribution in [0.4, 0.5) is 4.79 Å². The SMILES string of the molecule is CCS(=O)CCNC(=O)N1CCOCC1CC(=O)O. The molecule has 2 atom stereocenters. The number of hydrogen-bond acceptors (Lipinski definition) is 4. The third kappa shape index (κ3) is 5.56. The summed E-state index contributed by atoms with van der Waals surface area (Å²) in [5, 5.41) is 11.5. The highest BCUT2D eigenvalue weighted by Gasteiger charge is 2.28. The number of carbonyl (C=O) groups excluding carboxylic acids is 1. The maximum Gasteiger partial charge on any atom is 0.317 e. The first-order valence-electron chi connectivity index (χ1n) is 6.23. The van der Waals surface area contributed by atoms with Crippen LogP contribution in [0.1, 0.15) is 13.3 Å². The quantitative estimate of drug-likeness (QED) is 0.697. The number of amides is 2. The van der Waals surface area contributed by atoms with Crippen LogP contribution in [0, 0.1) is 0 Å². The molecule has 1 saturated heterocycles. The van der Waals surface area contributed by atoms with Crippen LogP contribution in [0.15, 0.2) is 0 Å². The molecule has 110 valence electrons. The highest BCUT2D eigenvalue weighted by Crippen LogP contribution is 2.10. The summed E-state index contributed by atoms with van der Waals surface area (Å²) in [7, 11) is -0.918. The summed E-state index contributed by atoms with van der Waals surface area (Å²) >= 11 is 0. The summed E-state index contributed by atoms with van der Waals surface area (Å²) in [5.41, 5.74) is 0. The fourth-order valence-corrected chi connectivity index (χ4v) is 2.43. The number of carbonyl (C=O) groups is 2. The molecule has 1 aliphatic rings. The van der Waals surface area contributed by atoms with E-state index in [1.807, 2.05) is 6.92 Å². The molecular weight excluding hydrogens is 272 g/mol. The van der Waals surface area contributed by atoms with E-state index in [0.29, 0.717) is 31.2 Å². The standard InChI is InChI=1S/C11H20N2O5S/c1-2-19(17)6-3-12-11(16)13-4-5-18-8-9(13)7-10(14)15/h9H,2-8H2,1H3,(H,12,16)(H,14,15). The van der Waals surface area contributed by atoms with Gasteiger partial charge in [0.15, 0.2) is 0 Å². The van der Waals surface area contributed by atoms with Crippen molar-refractivity contribution < 1.29 is 23.6 Å². The predicted octanol–water partition coefficient (Wildman–Crippen LogP) is -0.360. The zero-order valence-electron chi connectivity index (χ0n) is 11.0. The lowest BCUT2D eigenvalue weighted by Gasteiger charge is -2.34. The van der Waals surface area contributed by atoms with Gasteiger partial charge in [-0.2, -0.15) is 0 Å². The molecule has 0 aromatic carbocycles. The Morgan fingerprint density at radius 3 is 2.89 bits per heavy atom.